The summed E-state index contributed by atoms with van der Waals surface area (Å²) >= 11 is 0. The van der Waals surface area contributed by atoms with Crippen molar-refractivity contribution in [2.75, 3.05) is 0 Å². The lowest BCUT2D eigenvalue weighted by Gasteiger charge is -2.17. The Morgan fingerprint density at radius 1 is 1.38 bits per heavy atom. The monoisotopic (exact) mass is 295 g/mol. The molecule has 6 heteroatoms. The van der Waals surface area contributed by atoms with Crippen molar-refractivity contribution in [3.63, 3.8) is 0 Å². The van der Waals surface area contributed by atoms with E-state index in [-0.39, 0.29) is 17.4 Å². The molecule has 0 aliphatic carbocycles. The number of hydrogen-bond donors (Lipinski definition) is 1. The first-order valence-corrected chi connectivity index (χ1v) is 7.18. The highest BCUT2D eigenvalue weighted by Gasteiger charge is 2.20. The van der Waals surface area contributed by atoms with Gasteiger partial charge in [-0.2, -0.15) is 0 Å². The van der Waals surface area contributed by atoms with Gasteiger partial charge in [-0.1, -0.05) is 33.1 Å². The van der Waals surface area contributed by atoms with Crippen LogP contribution in [0.4, 0.5) is 10.5 Å². The predicted molar refractivity (Wildman–Crippen MR) is 78.9 cm³/mol. The van der Waals surface area contributed by atoms with E-state index in [1.54, 1.807) is 0 Å². The van der Waals surface area contributed by atoms with Crippen LogP contribution in [0, 0.1) is 10.1 Å². The van der Waals surface area contributed by atoms with E-state index in [0.29, 0.717) is 5.56 Å². The molecule has 1 atom stereocenters. The van der Waals surface area contributed by atoms with Crippen LogP contribution in [0.1, 0.15) is 57.4 Å². The number of ether oxygens (including phenoxy) is 1. The van der Waals surface area contributed by atoms with Crippen LogP contribution in [0.25, 0.3) is 0 Å². The summed E-state index contributed by atoms with van der Waals surface area (Å²) in [6.45, 7) is 4.09. The van der Waals surface area contributed by atoms with Crippen molar-refractivity contribution in [1.82, 2.24) is 0 Å². The number of non-ortho nitro benzene ring substituents is 1. The van der Waals surface area contributed by atoms with Crippen molar-refractivity contribution >= 4 is 11.8 Å². The van der Waals surface area contributed by atoms with Crippen molar-refractivity contribution in [3.8, 4) is 5.75 Å². The number of nitro groups is 1. The minimum Gasteiger partial charge on any atom is -0.449 e. The van der Waals surface area contributed by atoms with Crippen molar-refractivity contribution in [2.45, 2.75) is 51.9 Å². The molecule has 1 aromatic carbocycles. The zero-order chi connectivity index (χ0) is 15.8. The zero-order valence-corrected chi connectivity index (χ0v) is 12.4. The molecule has 0 aliphatic rings. The van der Waals surface area contributed by atoms with Gasteiger partial charge < -0.3 is 9.84 Å². The summed E-state index contributed by atoms with van der Waals surface area (Å²) in [5, 5.41) is 19.7. The molecule has 0 fully saturated rings. The van der Waals surface area contributed by atoms with Gasteiger partial charge in [0.25, 0.3) is 5.69 Å². The predicted octanol–water partition coefficient (Wildman–Crippen LogP) is 4.73. The zero-order valence-electron chi connectivity index (χ0n) is 12.4. The molecule has 1 rings (SSSR count). The molecule has 0 spiro atoms. The lowest BCUT2D eigenvalue weighted by atomic mass is 9.90. The van der Waals surface area contributed by atoms with E-state index in [0.717, 1.165) is 32.1 Å². The number of rotatable bonds is 8. The number of benzene rings is 1. The molecule has 0 aliphatic heterocycles. The summed E-state index contributed by atoms with van der Waals surface area (Å²) in [4.78, 5) is 21.2. The first kappa shape index (κ1) is 16.9. The third-order valence-electron chi connectivity index (χ3n) is 3.49. The van der Waals surface area contributed by atoms with E-state index in [9.17, 15) is 14.9 Å². The van der Waals surface area contributed by atoms with Crippen molar-refractivity contribution in [3.05, 3.63) is 33.9 Å². The van der Waals surface area contributed by atoms with E-state index in [4.69, 9.17) is 9.84 Å². The van der Waals surface area contributed by atoms with Crippen LogP contribution in [0.15, 0.2) is 18.2 Å². The summed E-state index contributed by atoms with van der Waals surface area (Å²) in [5.41, 5.74) is 0.557. The van der Waals surface area contributed by atoms with Gasteiger partial charge in [0.1, 0.15) is 5.75 Å². The molecule has 116 valence electrons. The van der Waals surface area contributed by atoms with Crippen LogP contribution in [-0.4, -0.2) is 16.2 Å². The number of nitrogens with zero attached hydrogens (tertiary/aromatic N) is 1. The van der Waals surface area contributed by atoms with E-state index >= 15 is 0 Å². The van der Waals surface area contributed by atoms with Gasteiger partial charge in [0.15, 0.2) is 0 Å². The van der Waals surface area contributed by atoms with Gasteiger partial charge in [0.2, 0.25) is 0 Å². The van der Waals surface area contributed by atoms with Gasteiger partial charge in [-0.3, -0.25) is 10.1 Å². The Morgan fingerprint density at radius 3 is 2.62 bits per heavy atom. The molecule has 0 radical (unpaired) electrons. The Kier molecular flexibility index (Phi) is 6.65. The highest BCUT2D eigenvalue weighted by Crippen LogP contribution is 2.35. The molecule has 0 saturated heterocycles. The second kappa shape index (κ2) is 8.24. The summed E-state index contributed by atoms with van der Waals surface area (Å²) in [7, 11) is 0. The molecule has 0 heterocycles. The topological polar surface area (TPSA) is 89.7 Å². The number of unbranched alkanes of at least 4 members (excludes halogenated alkanes) is 2. The molecule has 0 aromatic heterocycles. The third kappa shape index (κ3) is 5.06. The summed E-state index contributed by atoms with van der Waals surface area (Å²) < 4.78 is 4.76. The highest BCUT2D eigenvalue weighted by atomic mass is 16.7. The third-order valence-corrected chi connectivity index (χ3v) is 3.49. The van der Waals surface area contributed by atoms with Gasteiger partial charge >= 0.3 is 6.16 Å². The molecular formula is C15H21NO5. The number of carboxylic acid groups (broad SMARTS) is 1. The Bertz CT molecular complexity index is 501. The fourth-order valence-corrected chi connectivity index (χ4v) is 2.38. The van der Waals surface area contributed by atoms with E-state index in [2.05, 4.69) is 6.92 Å². The van der Waals surface area contributed by atoms with Crippen LogP contribution in [-0.2, 0) is 0 Å². The quantitative estimate of drug-likeness (QED) is 0.246. The molecule has 1 unspecified atom stereocenters. The molecule has 6 nitrogen and oxygen atoms in total. The van der Waals surface area contributed by atoms with Crippen LogP contribution < -0.4 is 4.74 Å². The number of hydrogen-bond acceptors (Lipinski definition) is 4. The van der Waals surface area contributed by atoms with E-state index in [1.807, 2.05) is 6.92 Å². The van der Waals surface area contributed by atoms with Crippen molar-refractivity contribution in [2.24, 2.45) is 0 Å². The molecule has 0 saturated carbocycles. The first-order chi connectivity index (χ1) is 9.99. The normalized spacial score (nSPS) is 11.9. The van der Waals surface area contributed by atoms with Crippen molar-refractivity contribution in [1.29, 1.82) is 0 Å². The highest BCUT2D eigenvalue weighted by molar-refractivity contribution is 5.63. The summed E-state index contributed by atoms with van der Waals surface area (Å²) in [5.74, 6) is 0.252. The molecule has 1 N–H and O–H groups in total. The summed E-state index contributed by atoms with van der Waals surface area (Å²) in [6.07, 6.45) is 3.41. The lowest BCUT2D eigenvalue weighted by Crippen LogP contribution is -2.08. The van der Waals surface area contributed by atoms with Gasteiger partial charge in [0, 0.05) is 17.7 Å². The molecule has 0 amide bonds. The lowest BCUT2D eigenvalue weighted by molar-refractivity contribution is -0.385. The van der Waals surface area contributed by atoms with Gasteiger partial charge in [0.05, 0.1) is 4.92 Å². The van der Waals surface area contributed by atoms with Crippen molar-refractivity contribution < 1.29 is 19.6 Å². The Labute approximate surface area is 123 Å². The Balaban J connectivity index is 3.09. The average Bonchev–Trinajstić information content (AvgIpc) is 2.43. The van der Waals surface area contributed by atoms with Crippen LogP contribution in [0.3, 0.4) is 0 Å². The molecule has 21 heavy (non-hydrogen) atoms. The standard InChI is InChI=1S/C15H21NO5/c1-3-5-6-7-11(4-2)13-10-12(16(19)20)8-9-14(13)21-15(17)18/h8-11H,3-7H2,1-2H3,(H,17,18). The average molecular weight is 295 g/mol. The fourth-order valence-electron chi connectivity index (χ4n) is 2.38. The second-order valence-electron chi connectivity index (χ2n) is 4.95. The SMILES string of the molecule is CCCCCC(CC)c1cc([N+](=O)[O-])ccc1OC(=O)O. The first-order valence-electron chi connectivity index (χ1n) is 7.18. The number of nitro benzene ring substituents is 1. The maximum atomic E-state index is 10.9. The van der Waals surface area contributed by atoms with Gasteiger partial charge in [-0.25, -0.2) is 4.79 Å². The van der Waals surface area contributed by atoms with Gasteiger partial charge in [-0.15, -0.1) is 0 Å². The Morgan fingerprint density at radius 2 is 2.10 bits per heavy atom. The van der Waals surface area contributed by atoms with Crippen LogP contribution in [0.5, 0.6) is 5.75 Å². The van der Waals surface area contributed by atoms with Crippen LogP contribution in [0.2, 0.25) is 0 Å². The molecular weight excluding hydrogens is 274 g/mol. The molecule has 1 aromatic rings. The number of carbonyl (C=O) groups is 1. The minimum absolute atomic E-state index is 0.0447. The maximum Gasteiger partial charge on any atom is 0.511 e. The largest absolute Gasteiger partial charge is 0.511 e. The second-order valence-corrected chi connectivity index (χ2v) is 4.95. The van der Waals surface area contributed by atoms with E-state index in [1.165, 1.54) is 18.2 Å². The smallest absolute Gasteiger partial charge is 0.449 e. The summed E-state index contributed by atoms with van der Waals surface area (Å²) in [6, 6.07) is 4.06. The fraction of sp³-hybridized carbons (Fsp3) is 0.533. The molecule has 0 bridgehead atoms. The van der Waals surface area contributed by atoms with Gasteiger partial charge in [-0.05, 0) is 24.8 Å². The van der Waals surface area contributed by atoms with E-state index < -0.39 is 11.1 Å². The maximum absolute atomic E-state index is 10.9. The Hall–Kier alpha value is -2.11. The minimum atomic E-state index is -1.41. The van der Waals surface area contributed by atoms with Crippen LogP contribution >= 0.6 is 0 Å².